The molecule has 1 aliphatic rings. The van der Waals surface area contributed by atoms with Crippen LogP contribution in [0.25, 0.3) is 22.4 Å². The molecule has 0 radical (unpaired) electrons. The molecular weight excluding hydrogens is 819 g/mol. The number of nitrogens with one attached hydrogen (secondary N) is 2. The van der Waals surface area contributed by atoms with Crippen molar-refractivity contribution in [3.63, 3.8) is 0 Å². The maximum atomic E-state index is 15.5. The maximum Gasteiger partial charge on any atom is 0.490 e. The number of imidazole rings is 1. The van der Waals surface area contributed by atoms with Crippen LogP contribution in [0.4, 0.5) is 27.6 Å². The number of quaternary nitrogens is 1. The minimum absolute atomic E-state index is 0.0420. The quantitative estimate of drug-likeness (QED) is 0.146. The molecule has 2 N–H and O–H groups in total. The van der Waals surface area contributed by atoms with E-state index in [0.717, 1.165) is 17.7 Å². The number of likely N-dealkylation sites (N-methyl/N-ethyl adjacent to an activating group) is 2. The first-order valence-electron chi connectivity index (χ1n) is 19.0. The topological polar surface area (TPSA) is 145 Å². The monoisotopic (exact) mass is 867 g/mol. The summed E-state index contributed by atoms with van der Waals surface area (Å²) in [6.07, 6.45) is -0.491. The molecule has 0 atom stereocenters. The predicted molar refractivity (Wildman–Crippen MR) is 212 cm³/mol. The summed E-state index contributed by atoms with van der Waals surface area (Å²) in [7, 11) is 7.70. The molecule has 3 amide bonds. The van der Waals surface area contributed by atoms with Crippen LogP contribution in [0.15, 0.2) is 42.7 Å². The molecule has 3 heterocycles. The van der Waals surface area contributed by atoms with Crippen molar-refractivity contribution in [3.05, 3.63) is 76.5 Å². The number of carbonyl (C=O) groups excluding carboxylic acids is 4. The van der Waals surface area contributed by atoms with Crippen molar-refractivity contribution in [2.45, 2.75) is 39.4 Å². The highest BCUT2D eigenvalue weighted by molar-refractivity contribution is 6.34. The van der Waals surface area contributed by atoms with Crippen molar-refractivity contribution in [1.82, 2.24) is 29.1 Å². The fourth-order valence-corrected chi connectivity index (χ4v) is 6.89. The van der Waals surface area contributed by atoms with Gasteiger partial charge in [-0.1, -0.05) is 17.7 Å². The van der Waals surface area contributed by atoms with E-state index in [9.17, 15) is 32.3 Å². The number of aromatic nitrogens is 4. The van der Waals surface area contributed by atoms with Gasteiger partial charge in [0.05, 0.1) is 63.0 Å². The van der Waals surface area contributed by atoms with Gasteiger partial charge in [0.1, 0.15) is 0 Å². The van der Waals surface area contributed by atoms with E-state index in [-0.39, 0.29) is 39.5 Å². The fraction of sp³-hybridized carbons (Fsp3) is 0.450. The van der Waals surface area contributed by atoms with Crippen LogP contribution in [0.3, 0.4) is 0 Å². The number of ether oxygens (including phenoxy) is 2. The van der Waals surface area contributed by atoms with E-state index in [4.69, 9.17) is 16.3 Å². The van der Waals surface area contributed by atoms with Crippen molar-refractivity contribution in [1.29, 1.82) is 0 Å². The third kappa shape index (κ3) is 11.4. The van der Waals surface area contributed by atoms with Crippen LogP contribution < -0.4 is 10.2 Å². The second-order valence-corrected chi connectivity index (χ2v) is 14.8. The first kappa shape index (κ1) is 47.3. The van der Waals surface area contributed by atoms with Crippen molar-refractivity contribution >= 4 is 41.0 Å². The maximum absolute atomic E-state index is 15.5. The number of esters is 1. The highest BCUT2D eigenvalue weighted by Gasteiger charge is 2.40. The summed E-state index contributed by atoms with van der Waals surface area (Å²) < 4.78 is 75.4. The average Bonchev–Trinajstić information content (AvgIpc) is 3.77. The molecule has 0 saturated carbocycles. The first-order chi connectivity index (χ1) is 28.3. The van der Waals surface area contributed by atoms with Gasteiger partial charge in [-0.2, -0.15) is 18.3 Å². The Kier molecular flexibility index (Phi) is 16.3. The van der Waals surface area contributed by atoms with Crippen LogP contribution in [-0.2, 0) is 32.7 Å². The van der Waals surface area contributed by atoms with Crippen LogP contribution in [0.2, 0.25) is 5.02 Å². The number of piperidine rings is 1. The number of hydrogen-bond donors (Lipinski definition) is 2. The second-order valence-electron chi connectivity index (χ2n) is 14.4. The van der Waals surface area contributed by atoms with Crippen LogP contribution in [-0.4, -0.2) is 127 Å². The molecule has 1 aliphatic heterocycles. The molecule has 20 heteroatoms. The fourth-order valence-electron chi connectivity index (χ4n) is 6.63. The molecule has 1 fully saturated rings. The van der Waals surface area contributed by atoms with E-state index in [1.807, 2.05) is 25.9 Å². The lowest BCUT2D eigenvalue weighted by Crippen LogP contribution is -3.07. The predicted octanol–water partition coefficient (Wildman–Crippen LogP) is 4.66. The second kappa shape index (κ2) is 20.7. The summed E-state index contributed by atoms with van der Waals surface area (Å²) in [5.41, 5.74) is 1.99. The Hall–Kier alpha value is -5.40. The molecule has 5 rings (SSSR count). The van der Waals surface area contributed by atoms with Gasteiger partial charge in [0.15, 0.2) is 24.0 Å². The van der Waals surface area contributed by atoms with Crippen LogP contribution in [0.5, 0.6) is 0 Å². The number of rotatable bonds is 13. The number of carbonyl (C=O) groups is 4. The summed E-state index contributed by atoms with van der Waals surface area (Å²) in [6, 6.07) is 7.57. The summed E-state index contributed by atoms with van der Waals surface area (Å²) in [5, 5.41) is 7.17. The number of halogens is 6. The SMILES string of the molecule is CCN(CC1CCN(C(=O)c2ccc(NC(=O)c3ncc(-c4ccc(-c5cnn(CCOC)c5C)c(F)c4F)n3C)cc2Cl)CC1)C(=O)C[NH+](C)C.COC(=O)C(F)(F)F. The zero-order chi connectivity index (χ0) is 44.5. The summed E-state index contributed by atoms with van der Waals surface area (Å²) in [5.74, 6) is -4.69. The van der Waals surface area contributed by atoms with Crippen molar-refractivity contribution in [3.8, 4) is 22.4 Å². The van der Waals surface area contributed by atoms with Gasteiger partial charge in [0.25, 0.3) is 17.7 Å². The highest BCUT2D eigenvalue weighted by Crippen LogP contribution is 2.33. The Morgan fingerprint density at radius 2 is 1.65 bits per heavy atom. The lowest BCUT2D eigenvalue weighted by molar-refractivity contribution is -0.849. The van der Waals surface area contributed by atoms with Crippen molar-refractivity contribution < 1.29 is 55.5 Å². The van der Waals surface area contributed by atoms with E-state index in [0.29, 0.717) is 81.4 Å². The molecule has 60 heavy (non-hydrogen) atoms. The van der Waals surface area contributed by atoms with E-state index in [2.05, 4.69) is 20.1 Å². The Balaban J connectivity index is 0.000000899. The minimum Gasteiger partial charge on any atom is -0.462 e. The Labute approximate surface area is 349 Å². The van der Waals surface area contributed by atoms with Gasteiger partial charge in [-0.3, -0.25) is 19.1 Å². The summed E-state index contributed by atoms with van der Waals surface area (Å²) >= 11 is 6.55. The van der Waals surface area contributed by atoms with Gasteiger partial charge in [0.2, 0.25) is 0 Å². The summed E-state index contributed by atoms with van der Waals surface area (Å²) in [4.78, 5) is 57.6. The molecule has 0 bridgehead atoms. The largest absolute Gasteiger partial charge is 0.490 e. The number of benzene rings is 2. The molecule has 1 saturated heterocycles. The Bertz CT molecular complexity index is 2170. The molecule has 14 nitrogen and oxygen atoms in total. The number of methoxy groups -OCH3 is 2. The Morgan fingerprint density at radius 3 is 2.22 bits per heavy atom. The number of nitrogens with zero attached hydrogens (tertiary/aromatic N) is 6. The minimum atomic E-state index is -4.85. The molecule has 2 aromatic carbocycles. The third-order valence-electron chi connectivity index (χ3n) is 9.94. The zero-order valence-corrected chi connectivity index (χ0v) is 35.1. The van der Waals surface area contributed by atoms with E-state index >= 15 is 8.78 Å². The van der Waals surface area contributed by atoms with E-state index in [1.165, 1.54) is 42.2 Å². The van der Waals surface area contributed by atoms with Gasteiger partial charge in [-0.05, 0) is 56.9 Å². The van der Waals surface area contributed by atoms with Gasteiger partial charge in [0, 0.05) is 68.4 Å². The lowest BCUT2D eigenvalue weighted by atomic mass is 9.95. The first-order valence-corrected chi connectivity index (χ1v) is 19.3. The highest BCUT2D eigenvalue weighted by atomic mass is 35.5. The molecule has 0 aliphatic carbocycles. The molecule has 4 aromatic rings. The summed E-state index contributed by atoms with van der Waals surface area (Å²) in [6.45, 7) is 7.54. The van der Waals surface area contributed by atoms with Gasteiger partial charge < -0.3 is 34.1 Å². The molecule has 0 unspecified atom stereocenters. The van der Waals surface area contributed by atoms with Gasteiger partial charge in [-0.25, -0.2) is 18.6 Å². The number of alkyl halides is 3. The molecule has 2 aromatic heterocycles. The molecule has 0 spiro atoms. The zero-order valence-electron chi connectivity index (χ0n) is 34.4. The Morgan fingerprint density at radius 1 is 1.00 bits per heavy atom. The number of hydrogen-bond acceptors (Lipinski definition) is 8. The van der Waals surface area contributed by atoms with Crippen LogP contribution in [0, 0.1) is 24.5 Å². The smallest absolute Gasteiger partial charge is 0.462 e. The number of likely N-dealkylation sites (tertiary alicyclic amines) is 1. The molecular formula is C40H49ClF5N8O6+. The van der Waals surface area contributed by atoms with E-state index < -0.39 is 29.7 Å². The van der Waals surface area contributed by atoms with Gasteiger partial charge >= 0.3 is 12.1 Å². The van der Waals surface area contributed by atoms with Crippen molar-refractivity contribution in [2.24, 2.45) is 13.0 Å². The van der Waals surface area contributed by atoms with Crippen LogP contribution >= 0.6 is 11.6 Å². The van der Waals surface area contributed by atoms with E-state index in [1.54, 1.807) is 35.7 Å². The third-order valence-corrected chi connectivity index (χ3v) is 10.3. The van der Waals surface area contributed by atoms with Crippen molar-refractivity contribution in [2.75, 3.05) is 73.0 Å². The number of amides is 3. The lowest BCUT2D eigenvalue weighted by Gasteiger charge is -2.35. The average molecular weight is 868 g/mol. The number of anilines is 1. The molecule has 326 valence electrons. The standard InChI is InChI=1S/C37H45ClF2N8O4.C3H3F3O2/c1-7-46(32(49)22-44(3)4)21-24-12-14-47(15-13-24)37(51)27-9-8-25(18-30(27)38)43-36(50)35-41-20-31(45(35)5)28-11-10-26(33(39)34(28)40)29-19-42-48(23(29)2)16-17-52-6;1-8-2(7)3(4,5)6/h8-11,18-20,24H,7,12-17,21-22H2,1-6H3,(H,43,50);1H3/p+1. The normalized spacial score (nSPS) is 13.2. The van der Waals surface area contributed by atoms with Gasteiger partial charge in [-0.15, -0.1) is 0 Å². The van der Waals surface area contributed by atoms with Crippen LogP contribution in [0.1, 0.15) is 46.4 Å².